The molecule has 0 aromatic heterocycles. The number of nitrogens with one attached hydrogen (secondary N) is 1. The summed E-state index contributed by atoms with van der Waals surface area (Å²) < 4.78 is 4.64. The van der Waals surface area contributed by atoms with Crippen molar-refractivity contribution in [2.75, 3.05) is 20.2 Å². The monoisotopic (exact) mass is 169 g/mol. The first-order valence-electron chi connectivity index (χ1n) is 4.03. The minimum absolute atomic E-state index is 0.180. The Bertz CT molecular complexity index is 190. The predicted octanol–water partition coefficient (Wildman–Crippen LogP) is 0.408. The van der Waals surface area contributed by atoms with E-state index in [1.54, 1.807) is 6.92 Å². The highest BCUT2D eigenvalue weighted by Crippen LogP contribution is 1.87. The zero-order chi connectivity index (χ0) is 9.40. The molecule has 0 heterocycles. The quantitative estimate of drug-likeness (QED) is 0.378. The van der Waals surface area contributed by atoms with Crippen LogP contribution in [0.25, 0.3) is 0 Å². The number of ether oxygens (including phenoxy) is 1. The Balaban J connectivity index is 3.76. The van der Waals surface area contributed by atoms with Crippen LogP contribution in [-0.4, -0.2) is 26.2 Å². The summed E-state index contributed by atoms with van der Waals surface area (Å²) >= 11 is 0. The molecule has 0 saturated heterocycles. The van der Waals surface area contributed by atoms with E-state index in [2.05, 4.69) is 21.9 Å². The number of hydrogen-bond acceptors (Lipinski definition) is 3. The van der Waals surface area contributed by atoms with Gasteiger partial charge in [-0.1, -0.05) is 12.8 Å². The maximum absolute atomic E-state index is 10.7. The molecule has 0 aromatic rings. The van der Waals surface area contributed by atoms with E-state index in [9.17, 15) is 4.79 Å². The van der Waals surface area contributed by atoms with Crippen LogP contribution in [0.4, 0.5) is 0 Å². The Morgan fingerprint density at radius 2 is 2.33 bits per heavy atom. The average Bonchev–Trinajstić information content (AvgIpc) is 2.02. The van der Waals surface area contributed by atoms with Crippen molar-refractivity contribution in [3.8, 4) is 11.8 Å². The van der Waals surface area contributed by atoms with Crippen LogP contribution in [0, 0.1) is 17.8 Å². The van der Waals surface area contributed by atoms with Crippen LogP contribution in [0.15, 0.2) is 0 Å². The second-order valence-electron chi connectivity index (χ2n) is 2.45. The molecule has 0 aliphatic heterocycles. The van der Waals surface area contributed by atoms with Crippen molar-refractivity contribution in [3.63, 3.8) is 0 Å². The van der Waals surface area contributed by atoms with Gasteiger partial charge in [0.2, 0.25) is 0 Å². The van der Waals surface area contributed by atoms with Gasteiger partial charge in [0, 0.05) is 18.4 Å². The molecule has 0 radical (unpaired) electrons. The van der Waals surface area contributed by atoms with E-state index in [0.29, 0.717) is 6.61 Å². The summed E-state index contributed by atoms with van der Waals surface area (Å²) in [6.45, 7) is 4.87. The number of hydrogen-bond donors (Lipinski definition) is 1. The molecule has 0 aliphatic carbocycles. The van der Waals surface area contributed by atoms with E-state index >= 15 is 0 Å². The molecule has 1 N–H and O–H groups in total. The highest BCUT2D eigenvalue weighted by atomic mass is 16.5. The molecule has 0 aromatic carbocycles. The number of esters is 1. The summed E-state index contributed by atoms with van der Waals surface area (Å²) in [5, 5.41) is 2.97. The number of carbonyl (C=O) groups is 1. The lowest BCUT2D eigenvalue weighted by Crippen LogP contribution is -2.15. The van der Waals surface area contributed by atoms with Gasteiger partial charge >= 0.3 is 5.97 Å². The maximum Gasteiger partial charge on any atom is 0.384 e. The fraction of sp³-hybridized carbons (Fsp3) is 0.667. The molecule has 0 rings (SSSR count). The van der Waals surface area contributed by atoms with Gasteiger partial charge in [-0.2, -0.15) is 0 Å². The van der Waals surface area contributed by atoms with Crippen molar-refractivity contribution >= 4 is 5.97 Å². The predicted molar refractivity (Wildman–Crippen MR) is 47.5 cm³/mol. The zero-order valence-electron chi connectivity index (χ0n) is 7.81. The van der Waals surface area contributed by atoms with Crippen molar-refractivity contribution in [2.24, 2.45) is 5.92 Å². The van der Waals surface area contributed by atoms with Crippen LogP contribution in [0.5, 0.6) is 0 Å². The van der Waals surface area contributed by atoms with E-state index < -0.39 is 5.97 Å². The minimum Gasteiger partial charge on any atom is -0.456 e. The van der Waals surface area contributed by atoms with Crippen molar-refractivity contribution in [1.82, 2.24) is 5.32 Å². The van der Waals surface area contributed by atoms with E-state index in [-0.39, 0.29) is 5.92 Å². The van der Waals surface area contributed by atoms with Crippen LogP contribution < -0.4 is 5.32 Å². The van der Waals surface area contributed by atoms with Crippen molar-refractivity contribution in [3.05, 3.63) is 0 Å². The number of carbonyl (C=O) groups excluding carboxylic acids is 1. The van der Waals surface area contributed by atoms with Gasteiger partial charge in [0.1, 0.15) is 0 Å². The van der Waals surface area contributed by atoms with Gasteiger partial charge in [-0.25, -0.2) is 4.79 Å². The molecule has 68 valence electrons. The van der Waals surface area contributed by atoms with Crippen LogP contribution in [0.2, 0.25) is 0 Å². The molecule has 0 bridgehead atoms. The van der Waals surface area contributed by atoms with E-state index in [1.165, 1.54) is 0 Å². The molecule has 0 spiro atoms. The second kappa shape index (κ2) is 6.68. The van der Waals surface area contributed by atoms with Gasteiger partial charge in [-0.15, -0.1) is 0 Å². The third-order valence-electron chi connectivity index (χ3n) is 1.21. The third-order valence-corrected chi connectivity index (χ3v) is 1.21. The lowest BCUT2D eigenvalue weighted by molar-refractivity contribution is -0.136. The third kappa shape index (κ3) is 5.75. The molecule has 12 heavy (non-hydrogen) atoms. The lowest BCUT2D eigenvalue weighted by atomic mass is 10.2. The molecule has 1 unspecified atom stereocenters. The van der Waals surface area contributed by atoms with E-state index in [0.717, 1.165) is 6.54 Å². The summed E-state index contributed by atoms with van der Waals surface area (Å²) in [6.07, 6.45) is 0. The van der Waals surface area contributed by atoms with Crippen LogP contribution in [-0.2, 0) is 9.53 Å². The summed E-state index contributed by atoms with van der Waals surface area (Å²) in [5.41, 5.74) is 0. The fourth-order valence-electron chi connectivity index (χ4n) is 0.707. The summed E-state index contributed by atoms with van der Waals surface area (Å²) in [5.74, 6) is 4.93. The molecular weight excluding hydrogens is 154 g/mol. The highest BCUT2D eigenvalue weighted by molar-refractivity contribution is 5.88. The summed E-state index contributed by atoms with van der Waals surface area (Å²) in [4.78, 5) is 10.7. The summed E-state index contributed by atoms with van der Waals surface area (Å²) in [7, 11) is 1.85. The molecule has 1 atom stereocenters. The van der Waals surface area contributed by atoms with Gasteiger partial charge in [-0.3, -0.25) is 0 Å². The molecule has 0 saturated carbocycles. The molecule has 0 amide bonds. The van der Waals surface area contributed by atoms with Gasteiger partial charge < -0.3 is 10.1 Å². The first-order valence-corrected chi connectivity index (χ1v) is 4.03. The van der Waals surface area contributed by atoms with E-state index in [4.69, 9.17) is 0 Å². The zero-order valence-corrected chi connectivity index (χ0v) is 7.81. The molecule has 0 fully saturated rings. The standard InChI is InChI=1S/C9H15NO2/c1-4-12-9(11)6-5-8(2)7-10-3/h8,10H,4,7H2,1-3H3. The molecular formula is C9H15NO2. The highest BCUT2D eigenvalue weighted by Gasteiger charge is 1.96. The Morgan fingerprint density at radius 1 is 1.67 bits per heavy atom. The smallest absolute Gasteiger partial charge is 0.384 e. The molecule has 3 heteroatoms. The average molecular weight is 169 g/mol. The van der Waals surface area contributed by atoms with Gasteiger partial charge in [-0.05, 0) is 14.0 Å². The second-order valence-corrected chi connectivity index (χ2v) is 2.45. The maximum atomic E-state index is 10.7. The van der Waals surface area contributed by atoms with Gasteiger partial charge in [0.15, 0.2) is 0 Å². The fourth-order valence-corrected chi connectivity index (χ4v) is 0.707. The number of rotatable bonds is 3. The largest absolute Gasteiger partial charge is 0.456 e. The topological polar surface area (TPSA) is 38.3 Å². The normalized spacial score (nSPS) is 11.2. The van der Waals surface area contributed by atoms with Crippen LogP contribution in [0.3, 0.4) is 0 Å². The van der Waals surface area contributed by atoms with Gasteiger partial charge in [0.25, 0.3) is 0 Å². The summed E-state index contributed by atoms with van der Waals surface area (Å²) in [6, 6.07) is 0. The SMILES string of the molecule is CCOC(=O)C#CC(C)CNC. The van der Waals surface area contributed by atoms with Crippen molar-refractivity contribution in [2.45, 2.75) is 13.8 Å². The van der Waals surface area contributed by atoms with Crippen molar-refractivity contribution in [1.29, 1.82) is 0 Å². The van der Waals surface area contributed by atoms with Crippen LogP contribution in [0.1, 0.15) is 13.8 Å². The van der Waals surface area contributed by atoms with Crippen LogP contribution >= 0.6 is 0 Å². The Kier molecular flexibility index (Phi) is 6.12. The van der Waals surface area contributed by atoms with Gasteiger partial charge in [0.05, 0.1) is 6.61 Å². The Hall–Kier alpha value is -1.01. The Labute approximate surface area is 73.5 Å². The Morgan fingerprint density at radius 3 is 2.83 bits per heavy atom. The first-order chi connectivity index (χ1) is 5.70. The molecule has 0 aliphatic rings. The van der Waals surface area contributed by atoms with Crippen molar-refractivity contribution < 1.29 is 9.53 Å². The lowest BCUT2D eigenvalue weighted by Gasteiger charge is -1.99. The minimum atomic E-state index is -0.444. The molecule has 3 nitrogen and oxygen atoms in total. The first kappa shape index (κ1) is 11.0. The van der Waals surface area contributed by atoms with E-state index in [1.807, 2.05) is 14.0 Å².